The average molecular weight is 408 g/mol. The van der Waals surface area contributed by atoms with E-state index in [9.17, 15) is 14.4 Å². The van der Waals surface area contributed by atoms with E-state index >= 15 is 0 Å². The number of hydrogen-bond donors (Lipinski definition) is 2. The van der Waals surface area contributed by atoms with Gasteiger partial charge in [0.05, 0.1) is 0 Å². The lowest BCUT2D eigenvalue weighted by Crippen LogP contribution is -2.35. The molecule has 0 spiro atoms. The third-order valence-corrected chi connectivity index (χ3v) is 5.39. The molecule has 3 rings (SSSR count). The number of benzene rings is 2. The van der Waals surface area contributed by atoms with Crippen molar-refractivity contribution in [1.29, 1.82) is 0 Å². The topological polar surface area (TPSA) is 78.5 Å². The fourth-order valence-corrected chi connectivity index (χ4v) is 3.65. The fraction of sp³-hybridized carbons (Fsp3) is 0.375. The Kier molecular flexibility index (Phi) is 8.01. The Balaban J connectivity index is 1.61. The van der Waals surface area contributed by atoms with Gasteiger partial charge in [0.25, 0.3) is 5.91 Å². The molecule has 0 saturated carbocycles. The summed E-state index contributed by atoms with van der Waals surface area (Å²) < 4.78 is 0. The molecule has 30 heavy (non-hydrogen) atoms. The van der Waals surface area contributed by atoms with Crippen molar-refractivity contribution < 1.29 is 14.4 Å². The first-order chi connectivity index (χ1) is 14.6. The quantitative estimate of drug-likeness (QED) is 0.818. The van der Waals surface area contributed by atoms with Gasteiger partial charge < -0.3 is 15.5 Å². The smallest absolute Gasteiger partial charge is 0.253 e. The number of nitrogens with zero attached hydrogens (tertiary/aromatic N) is 1. The number of rotatable bonds is 4. The molecule has 2 aromatic carbocycles. The van der Waals surface area contributed by atoms with Crippen molar-refractivity contribution >= 4 is 17.7 Å². The van der Waals surface area contributed by atoms with Gasteiger partial charge in [-0.2, -0.15) is 0 Å². The summed E-state index contributed by atoms with van der Waals surface area (Å²) in [5.41, 5.74) is 1.67. The first-order valence-corrected chi connectivity index (χ1v) is 10.6. The van der Waals surface area contributed by atoms with E-state index in [4.69, 9.17) is 0 Å². The molecule has 0 radical (unpaired) electrons. The molecule has 2 N–H and O–H groups in total. The third kappa shape index (κ3) is 6.44. The Bertz CT molecular complexity index is 839. The summed E-state index contributed by atoms with van der Waals surface area (Å²) in [6.07, 6.45) is 2.26. The van der Waals surface area contributed by atoms with Crippen molar-refractivity contribution in [2.75, 3.05) is 19.6 Å². The molecule has 1 saturated heterocycles. The molecular weight excluding hydrogens is 378 g/mol. The van der Waals surface area contributed by atoms with Crippen LogP contribution in [0.3, 0.4) is 0 Å². The van der Waals surface area contributed by atoms with Crippen molar-refractivity contribution in [2.24, 2.45) is 5.92 Å². The molecule has 1 aliphatic heterocycles. The summed E-state index contributed by atoms with van der Waals surface area (Å²) in [6.45, 7) is 1.87. The van der Waals surface area contributed by atoms with Crippen molar-refractivity contribution in [3.05, 3.63) is 71.8 Å². The minimum Gasteiger partial charge on any atom is -0.356 e. The van der Waals surface area contributed by atoms with E-state index < -0.39 is 0 Å². The minimum absolute atomic E-state index is 0.00622. The van der Waals surface area contributed by atoms with Gasteiger partial charge in [0.2, 0.25) is 11.8 Å². The molecular formula is C24H29N3O3. The zero-order chi connectivity index (χ0) is 21.2. The van der Waals surface area contributed by atoms with Crippen LogP contribution < -0.4 is 10.6 Å². The van der Waals surface area contributed by atoms with E-state index in [0.717, 1.165) is 12.0 Å². The van der Waals surface area contributed by atoms with Crippen molar-refractivity contribution in [1.82, 2.24) is 15.5 Å². The summed E-state index contributed by atoms with van der Waals surface area (Å²) in [5, 5.41) is 5.89. The third-order valence-electron chi connectivity index (χ3n) is 5.39. The molecule has 158 valence electrons. The van der Waals surface area contributed by atoms with E-state index in [2.05, 4.69) is 10.6 Å². The summed E-state index contributed by atoms with van der Waals surface area (Å²) in [5.74, 6) is -0.368. The molecule has 0 aromatic heterocycles. The van der Waals surface area contributed by atoms with Crippen LogP contribution in [-0.2, 0) is 16.1 Å². The molecule has 1 heterocycles. The molecule has 1 aliphatic rings. The van der Waals surface area contributed by atoms with Gasteiger partial charge in [-0.25, -0.2) is 0 Å². The molecule has 1 atom stereocenters. The van der Waals surface area contributed by atoms with Gasteiger partial charge in [-0.15, -0.1) is 0 Å². The molecule has 1 fully saturated rings. The van der Waals surface area contributed by atoms with Crippen LogP contribution >= 0.6 is 0 Å². The van der Waals surface area contributed by atoms with E-state index in [-0.39, 0.29) is 30.1 Å². The predicted molar refractivity (Wildman–Crippen MR) is 116 cm³/mol. The van der Waals surface area contributed by atoms with Gasteiger partial charge in [-0.3, -0.25) is 14.4 Å². The van der Waals surface area contributed by atoms with Gasteiger partial charge in [-0.05, 0) is 37.0 Å². The largest absolute Gasteiger partial charge is 0.356 e. The lowest BCUT2D eigenvalue weighted by Gasteiger charge is -2.23. The fourth-order valence-electron chi connectivity index (χ4n) is 3.65. The maximum atomic E-state index is 12.8. The first kappa shape index (κ1) is 21.6. The highest BCUT2D eigenvalue weighted by atomic mass is 16.2. The number of hydrogen-bond acceptors (Lipinski definition) is 3. The van der Waals surface area contributed by atoms with E-state index in [1.165, 1.54) is 0 Å². The summed E-state index contributed by atoms with van der Waals surface area (Å²) in [6, 6.07) is 18.9. The summed E-state index contributed by atoms with van der Waals surface area (Å²) >= 11 is 0. The number of amides is 3. The molecule has 3 amide bonds. The minimum atomic E-state index is -0.194. The Morgan fingerprint density at radius 3 is 2.40 bits per heavy atom. The highest BCUT2D eigenvalue weighted by Crippen LogP contribution is 2.15. The molecule has 0 bridgehead atoms. The molecule has 6 nitrogen and oxygen atoms in total. The second-order valence-corrected chi connectivity index (χ2v) is 7.59. The van der Waals surface area contributed by atoms with Crippen LogP contribution in [0.15, 0.2) is 60.7 Å². The average Bonchev–Trinajstić information content (AvgIpc) is 2.83. The van der Waals surface area contributed by atoms with Crippen LogP contribution in [0.4, 0.5) is 0 Å². The highest BCUT2D eigenvalue weighted by molar-refractivity contribution is 5.94. The van der Waals surface area contributed by atoms with Crippen molar-refractivity contribution in [3.63, 3.8) is 0 Å². The highest BCUT2D eigenvalue weighted by Gasteiger charge is 2.22. The van der Waals surface area contributed by atoms with Crippen molar-refractivity contribution in [2.45, 2.75) is 32.2 Å². The molecule has 6 heteroatoms. The van der Waals surface area contributed by atoms with Gasteiger partial charge >= 0.3 is 0 Å². The maximum absolute atomic E-state index is 12.8. The molecule has 2 aromatic rings. The van der Waals surface area contributed by atoms with E-state index in [1.54, 1.807) is 17.0 Å². The van der Waals surface area contributed by atoms with Gasteiger partial charge in [0.1, 0.15) is 0 Å². The SMILES string of the molecule is O=C1CCN(C(=O)c2ccccc2)CCCC(C(=O)NCc2ccccc2)CCN1. The first-order valence-electron chi connectivity index (χ1n) is 10.6. The zero-order valence-electron chi connectivity index (χ0n) is 17.2. The van der Waals surface area contributed by atoms with Crippen LogP contribution in [0, 0.1) is 5.92 Å². The van der Waals surface area contributed by atoms with Gasteiger partial charge in [0, 0.05) is 44.1 Å². The Labute approximate surface area is 177 Å². The van der Waals surface area contributed by atoms with Gasteiger partial charge in [0.15, 0.2) is 0 Å². The number of carbonyl (C=O) groups is 3. The number of nitrogens with one attached hydrogen (secondary N) is 2. The summed E-state index contributed by atoms with van der Waals surface area (Å²) in [4.78, 5) is 39.5. The maximum Gasteiger partial charge on any atom is 0.253 e. The van der Waals surface area contributed by atoms with Crippen molar-refractivity contribution in [3.8, 4) is 0 Å². The van der Waals surface area contributed by atoms with E-state index in [0.29, 0.717) is 44.6 Å². The van der Waals surface area contributed by atoms with Crippen LogP contribution in [0.5, 0.6) is 0 Å². The Hall–Kier alpha value is -3.15. The second kappa shape index (κ2) is 11.1. The second-order valence-electron chi connectivity index (χ2n) is 7.59. The molecule has 1 unspecified atom stereocenters. The lowest BCUT2D eigenvalue weighted by molar-refractivity contribution is -0.126. The standard InChI is InChI=1S/C24H29N3O3/c28-22-14-17-27(24(30)21-10-5-2-6-11-21)16-7-12-20(13-15-25-22)23(29)26-18-19-8-3-1-4-9-19/h1-6,8-11,20H,7,12-18H2,(H,25,28)(H,26,29). The van der Waals surface area contributed by atoms with Crippen LogP contribution in [0.25, 0.3) is 0 Å². The van der Waals surface area contributed by atoms with Gasteiger partial charge in [-0.1, -0.05) is 48.5 Å². The lowest BCUT2D eigenvalue weighted by atomic mass is 9.97. The predicted octanol–water partition coefficient (Wildman–Crippen LogP) is 2.75. The monoisotopic (exact) mass is 407 g/mol. The Morgan fingerprint density at radius 2 is 1.67 bits per heavy atom. The van der Waals surface area contributed by atoms with E-state index in [1.807, 2.05) is 48.5 Å². The summed E-state index contributed by atoms with van der Waals surface area (Å²) in [7, 11) is 0. The van der Waals surface area contributed by atoms with Crippen LogP contribution in [0.1, 0.15) is 41.6 Å². The molecule has 0 aliphatic carbocycles. The number of carbonyl (C=O) groups excluding carboxylic acids is 3. The zero-order valence-corrected chi connectivity index (χ0v) is 17.2. The van der Waals surface area contributed by atoms with Crippen LogP contribution in [0.2, 0.25) is 0 Å². The van der Waals surface area contributed by atoms with Crippen LogP contribution in [-0.4, -0.2) is 42.3 Å². The normalized spacial score (nSPS) is 18.1. The Morgan fingerprint density at radius 1 is 0.967 bits per heavy atom.